The molecule has 9 nitrogen and oxygen atoms in total. The first-order valence-electron chi connectivity index (χ1n) is 9.36. The molecule has 0 radical (unpaired) electrons. The van der Waals surface area contributed by atoms with Crippen LogP contribution in [0.1, 0.15) is 5.76 Å². The molecule has 1 fully saturated rings. The average molecular weight is 535 g/mol. The van der Waals surface area contributed by atoms with Crippen LogP contribution in [-0.4, -0.2) is 26.2 Å². The highest BCUT2D eigenvalue weighted by Crippen LogP contribution is 2.33. The molecule has 3 amide bonds. The van der Waals surface area contributed by atoms with Gasteiger partial charge in [0.25, 0.3) is 11.6 Å². The van der Waals surface area contributed by atoms with E-state index in [-0.39, 0.29) is 19.9 Å². The first-order valence-corrected chi connectivity index (χ1v) is 11.3. The third kappa shape index (κ3) is 5.23. The minimum Gasteiger partial charge on any atom is -0.457 e. The average Bonchev–Trinajstić information content (AvgIpc) is 3.37. The zero-order chi connectivity index (χ0) is 24.4. The summed E-state index contributed by atoms with van der Waals surface area (Å²) >= 11 is 18.0. The van der Waals surface area contributed by atoms with Crippen molar-refractivity contribution in [3.05, 3.63) is 85.4 Å². The van der Waals surface area contributed by atoms with Gasteiger partial charge in [0.15, 0.2) is 4.32 Å². The molecule has 172 valence electrons. The Balaban J connectivity index is 1.44. The molecule has 2 N–H and O–H groups in total. The number of halogens is 2. The number of non-ortho nitro benzene ring substituents is 1. The number of carbonyl (C=O) groups excluding carboxylic acids is 2. The molecule has 1 saturated heterocycles. The first-order chi connectivity index (χ1) is 16.2. The number of nitrogens with zero attached hydrogens (tertiary/aromatic N) is 2. The third-order valence-corrected chi connectivity index (χ3v) is 6.49. The van der Waals surface area contributed by atoms with Gasteiger partial charge in [-0.25, -0.2) is 10.2 Å². The van der Waals surface area contributed by atoms with Crippen molar-refractivity contribution in [1.82, 2.24) is 10.4 Å². The SMILES string of the molecule is O=C(Nc1ccc(Cl)c(Cl)c1)NN1C(=O)/C(=C\c2ccc(-c3ccc([N+](=O)[O-])cc3)o2)SC1=S. The summed E-state index contributed by atoms with van der Waals surface area (Å²) in [6.45, 7) is 0. The molecule has 0 atom stereocenters. The van der Waals surface area contributed by atoms with E-state index in [1.165, 1.54) is 30.3 Å². The molecule has 1 aliphatic heterocycles. The Bertz CT molecular complexity index is 1360. The zero-order valence-electron chi connectivity index (χ0n) is 16.8. The number of nitro groups is 1. The van der Waals surface area contributed by atoms with Gasteiger partial charge in [0.1, 0.15) is 11.5 Å². The van der Waals surface area contributed by atoms with Crippen LogP contribution in [0.2, 0.25) is 10.0 Å². The van der Waals surface area contributed by atoms with E-state index in [1.54, 1.807) is 30.3 Å². The number of anilines is 1. The minimum atomic E-state index is -0.700. The maximum absolute atomic E-state index is 12.7. The fraction of sp³-hybridized carbons (Fsp3) is 0. The summed E-state index contributed by atoms with van der Waals surface area (Å²) in [5, 5.41) is 14.9. The standard InChI is InChI=1S/C21H12Cl2N4O5S2/c22-15-7-3-12(9-16(15)23)24-20(29)25-26-19(28)18(34-21(26)33)10-14-6-8-17(32-14)11-1-4-13(5-2-11)27(30)31/h1-10H,(H2,24,25,29)/b18-10+. The number of hydrogen-bond acceptors (Lipinski definition) is 7. The predicted molar refractivity (Wildman–Crippen MR) is 134 cm³/mol. The molecule has 3 aromatic rings. The van der Waals surface area contributed by atoms with Gasteiger partial charge in [0, 0.05) is 29.5 Å². The van der Waals surface area contributed by atoms with E-state index in [1.807, 2.05) is 0 Å². The molecule has 34 heavy (non-hydrogen) atoms. The number of benzene rings is 2. The fourth-order valence-corrected chi connectivity index (χ4v) is 4.32. The van der Waals surface area contributed by atoms with Gasteiger partial charge in [-0.05, 0) is 54.7 Å². The highest BCUT2D eigenvalue weighted by atomic mass is 35.5. The Hall–Kier alpha value is -3.38. The normalized spacial score (nSPS) is 14.5. The van der Waals surface area contributed by atoms with Crippen molar-refractivity contribution < 1.29 is 18.9 Å². The molecule has 0 bridgehead atoms. The van der Waals surface area contributed by atoms with Gasteiger partial charge in [-0.2, -0.15) is 5.01 Å². The number of hydrazine groups is 1. The van der Waals surface area contributed by atoms with Crippen LogP contribution < -0.4 is 10.7 Å². The largest absolute Gasteiger partial charge is 0.457 e. The quantitative estimate of drug-likeness (QED) is 0.175. The summed E-state index contributed by atoms with van der Waals surface area (Å²) in [5.41, 5.74) is 3.37. The number of nitrogens with one attached hydrogen (secondary N) is 2. The lowest BCUT2D eigenvalue weighted by Crippen LogP contribution is -2.46. The van der Waals surface area contributed by atoms with Crippen LogP contribution in [0.25, 0.3) is 17.4 Å². The van der Waals surface area contributed by atoms with Crippen molar-refractivity contribution in [2.75, 3.05) is 5.32 Å². The lowest BCUT2D eigenvalue weighted by atomic mass is 10.1. The molecular formula is C21H12Cl2N4O5S2. The maximum Gasteiger partial charge on any atom is 0.338 e. The number of amides is 3. The second kappa shape index (κ2) is 9.85. The van der Waals surface area contributed by atoms with E-state index in [4.69, 9.17) is 39.8 Å². The van der Waals surface area contributed by atoms with Crippen LogP contribution in [0, 0.1) is 10.1 Å². The van der Waals surface area contributed by atoms with Crippen molar-refractivity contribution in [1.29, 1.82) is 0 Å². The summed E-state index contributed by atoms with van der Waals surface area (Å²) in [4.78, 5) is 35.6. The van der Waals surface area contributed by atoms with Gasteiger partial charge in [-0.15, -0.1) is 0 Å². The summed E-state index contributed by atoms with van der Waals surface area (Å²) in [7, 11) is 0. The number of hydrogen-bond donors (Lipinski definition) is 2. The number of carbonyl (C=O) groups is 2. The highest BCUT2D eigenvalue weighted by molar-refractivity contribution is 8.26. The van der Waals surface area contributed by atoms with Crippen molar-refractivity contribution in [3.63, 3.8) is 0 Å². The van der Waals surface area contributed by atoms with Gasteiger partial charge >= 0.3 is 6.03 Å². The van der Waals surface area contributed by atoms with Crippen molar-refractivity contribution in [2.45, 2.75) is 0 Å². The fourth-order valence-electron chi connectivity index (χ4n) is 2.86. The Labute approximate surface area is 211 Å². The van der Waals surface area contributed by atoms with Crippen LogP contribution >= 0.6 is 47.2 Å². The lowest BCUT2D eigenvalue weighted by molar-refractivity contribution is -0.384. The van der Waals surface area contributed by atoms with Crippen molar-refractivity contribution in [3.8, 4) is 11.3 Å². The molecule has 1 aliphatic rings. The van der Waals surface area contributed by atoms with Crippen LogP contribution in [-0.2, 0) is 4.79 Å². The molecule has 0 saturated carbocycles. The second-order valence-electron chi connectivity index (χ2n) is 6.72. The number of rotatable bonds is 5. The molecule has 13 heteroatoms. The summed E-state index contributed by atoms with van der Waals surface area (Å²) in [6.07, 6.45) is 1.49. The molecule has 2 heterocycles. The Kier molecular flexibility index (Phi) is 6.89. The number of nitro benzene ring substituents is 1. The smallest absolute Gasteiger partial charge is 0.338 e. The van der Waals surface area contributed by atoms with Gasteiger partial charge < -0.3 is 9.73 Å². The molecular weight excluding hydrogens is 523 g/mol. The molecule has 0 unspecified atom stereocenters. The van der Waals surface area contributed by atoms with Crippen LogP contribution in [0.15, 0.2) is 63.9 Å². The van der Waals surface area contributed by atoms with E-state index < -0.39 is 16.9 Å². The van der Waals surface area contributed by atoms with E-state index in [0.717, 1.165) is 16.8 Å². The van der Waals surface area contributed by atoms with Gasteiger partial charge in [0.05, 0.1) is 19.9 Å². The van der Waals surface area contributed by atoms with E-state index in [2.05, 4.69) is 10.7 Å². The molecule has 0 spiro atoms. The number of thiocarbonyl (C=S) groups is 1. The zero-order valence-corrected chi connectivity index (χ0v) is 19.9. The third-order valence-electron chi connectivity index (χ3n) is 4.45. The van der Waals surface area contributed by atoms with Crippen LogP contribution in [0.4, 0.5) is 16.2 Å². The number of thioether (sulfide) groups is 1. The van der Waals surface area contributed by atoms with Gasteiger partial charge in [-0.1, -0.05) is 35.0 Å². The summed E-state index contributed by atoms with van der Waals surface area (Å²) in [5.74, 6) is 0.303. The van der Waals surface area contributed by atoms with Crippen molar-refractivity contribution in [2.24, 2.45) is 0 Å². The molecule has 1 aromatic heterocycles. The van der Waals surface area contributed by atoms with Gasteiger partial charge in [-0.3, -0.25) is 14.9 Å². The number of furan rings is 1. The summed E-state index contributed by atoms with van der Waals surface area (Å²) < 4.78 is 5.86. The topological polar surface area (TPSA) is 118 Å². The monoisotopic (exact) mass is 534 g/mol. The van der Waals surface area contributed by atoms with Gasteiger partial charge in [0.2, 0.25) is 0 Å². The van der Waals surface area contributed by atoms with Crippen LogP contribution in [0.5, 0.6) is 0 Å². The maximum atomic E-state index is 12.7. The Morgan fingerprint density at radius 2 is 1.85 bits per heavy atom. The Morgan fingerprint density at radius 3 is 2.53 bits per heavy atom. The van der Waals surface area contributed by atoms with E-state index in [0.29, 0.717) is 27.8 Å². The van der Waals surface area contributed by atoms with Crippen molar-refractivity contribution >= 4 is 80.9 Å². The lowest BCUT2D eigenvalue weighted by Gasteiger charge is -2.16. The predicted octanol–water partition coefficient (Wildman–Crippen LogP) is 6.10. The Morgan fingerprint density at radius 1 is 1.12 bits per heavy atom. The molecule has 0 aliphatic carbocycles. The minimum absolute atomic E-state index is 0.0325. The van der Waals surface area contributed by atoms with E-state index in [9.17, 15) is 19.7 Å². The van der Waals surface area contributed by atoms with Crippen LogP contribution in [0.3, 0.4) is 0 Å². The molecule has 2 aromatic carbocycles. The van der Waals surface area contributed by atoms with E-state index >= 15 is 0 Å². The summed E-state index contributed by atoms with van der Waals surface area (Å²) in [6, 6.07) is 13.0. The second-order valence-corrected chi connectivity index (χ2v) is 9.21. The first kappa shape index (κ1) is 23.8. The number of urea groups is 1. The highest BCUT2D eigenvalue weighted by Gasteiger charge is 2.34. The molecule has 4 rings (SSSR count).